The number of carbonyl (C=O) groups is 1. The van der Waals surface area contributed by atoms with Crippen LogP contribution in [0.3, 0.4) is 0 Å². The zero-order valence-corrected chi connectivity index (χ0v) is 18.7. The number of aryl methyl sites for hydroxylation is 2. The second kappa shape index (κ2) is 8.41. The predicted molar refractivity (Wildman–Crippen MR) is 118 cm³/mol. The zero-order valence-electron chi connectivity index (χ0n) is 17.2. The monoisotopic (exact) mass is 459 g/mol. The second-order valence-electron chi connectivity index (χ2n) is 7.43. The number of amides is 1. The fourth-order valence-electron chi connectivity index (χ4n) is 3.57. The lowest BCUT2D eigenvalue weighted by Crippen LogP contribution is -2.28. The summed E-state index contributed by atoms with van der Waals surface area (Å²) in [6.45, 7) is 4.79. The summed E-state index contributed by atoms with van der Waals surface area (Å²) >= 11 is 6.22. The van der Waals surface area contributed by atoms with Crippen LogP contribution in [0.25, 0.3) is 5.82 Å². The van der Waals surface area contributed by atoms with Crippen molar-refractivity contribution < 1.29 is 13.2 Å². The molecule has 1 amide bonds. The van der Waals surface area contributed by atoms with E-state index in [9.17, 15) is 13.2 Å². The van der Waals surface area contributed by atoms with Crippen molar-refractivity contribution >= 4 is 33.2 Å². The highest BCUT2D eigenvalue weighted by Crippen LogP contribution is 2.24. The molecule has 1 saturated heterocycles. The minimum atomic E-state index is -3.59. The highest BCUT2D eigenvalue weighted by atomic mass is 35.5. The number of aromatic nitrogens is 3. The van der Waals surface area contributed by atoms with E-state index in [-0.39, 0.29) is 15.6 Å². The van der Waals surface area contributed by atoms with E-state index in [1.54, 1.807) is 28.9 Å². The van der Waals surface area contributed by atoms with Gasteiger partial charge in [-0.2, -0.15) is 9.40 Å². The number of sulfonamides is 1. The van der Waals surface area contributed by atoms with Gasteiger partial charge in [0.2, 0.25) is 10.0 Å². The zero-order chi connectivity index (χ0) is 22.2. The third-order valence-corrected chi connectivity index (χ3v) is 7.27. The quantitative estimate of drug-likeness (QED) is 0.629. The van der Waals surface area contributed by atoms with E-state index in [1.165, 1.54) is 16.4 Å². The molecular formula is C21H22ClN5O3S. The van der Waals surface area contributed by atoms with Crippen molar-refractivity contribution in [2.45, 2.75) is 31.6 Å². The molecule has 31 heavy (non-hydrogen) atoms. The molecule has 10 heteroatoms. The van der Waals surface area contributed by atoms with Gasteiger partial charge in [0.25, 0.3) is 5.91 Å². The topological polar surface area (TPSA) is 97.2 Å². The molecule has 1 N–H and O–H groups in total. The van der Waals surface area contributed by atoms with Crippen molar-refractivity contribution in [2.75, 3.05) is 18.4 Å². The van der Waals surface area contributed by atoms with E-state index in [4.69, 9.17) is 11.6 Å². The molecule has 8 nitrogen and oxygen atoms in total. The van der Waals surface area contributed by atoms with E-state index in [1.807, 2.05) is 19.9 Å². The van der Waals surface area contributed by atoms with Crippen LogP contribution >= 0.6 is 11.6 Å². The minimum absolute atomic E-state index is 0.0273. The molecule has 162 valence electrons. The summed E-state index contributed by atoms with van der Waals surface area (Å²) in [7, 11) is -3.59. The summed E-state index contributed by atoms with van der Waals surface area (Å²) in [5.74, 6) is -0.0744. The van der Waals surface area contributed by atoms with Crippen LogP contribution in [0.2, 0.25) is 5.02 Å². The van der Waals surface area contributed by atoms with Gasteiger partial charge in [-0.15, -0.1) is 0 Å². The number of nitrogens with one attached hydrogen (secondary N) is 1. The van der Waals surface area contributed by atoms with Crippen LogP contribution in [0.4, 0.5) is 5.69 Å². The Bertz CT molecular complexity index is 1250. The average Bonchev–Trinajstić information content (AvgIpc) is 3.39. The highest BCUT2D eigenvalue weighted by Gasteiger charge is 2.27. The molecule has 0 saturated carbocycles. The van der Waals surface area contributed by atoms with Crippen molar-refractivity contribution in [3.63, 3.8) is 0 Å². The number of carbonyl (C=O) groups excluding carboxylic acids is 1. The normalized spacial score (nSPS) is 14.7. The molecule has 1 aromatic carbocycles. The van der Waals surface area contributed by atoms with E-state index >= 15 is 0 Å². The molecule has 0 aliphatic carbocycles. The van der Waals surface area contributed by atoms with Gasteiger partial charge in [0.15, 0.2) is 5.82 Å². The van der Waals surface area contributed by atoms with Gasteiger partial charge in [0.1, 0.15) is 5.69 Å². The smallest absolute Gasteiger partial charge is 0.275 e. The molecule has 4 rings (SSSR count). The summed E-state index contributed by atoms with van der Waals surface area (Å²) in [5.41, 5.74) is 2.08. The van der Waals surface area contributed by atoms with E-state index in [0.29, 0.717) is 24.6 Å². The Morgan fingerprint density at radius 2 is 1.84 bits per heavy atom. The summed E-state index contributed by atoms with van der Waals surface area (Å²) < 4.78 is 28.7. The van der Waals surface area contributed by atoms with Gasteiger partial charge in [-0.05, 0) is 63.1 Å². The van der Waals surface area contributed by atoms with Crippen molar-refractivity contribution in [3.05, 3.63) is 64.6 Å². The Kier molecular flexibility index (Phi) is 5.83. The first-order chi connectivity index (χ1) is 14.8. The Morgan fingerprint density at radius 3 is 2.52 bits per heavy atom. The third-order valence-electron chi connectivity index (χ3n) is 5.07. The van der Waals surface area contributed by atoms with Crippen molar-refractivity contribution in [3.8, 4) is 5.82 Å². The molecule has 2 aromatic heterocycles. The predicted octanol–water partition coefficient (Wildman–Crippen LogP) is 3.57. The lowest BCUT2D eigenvalue weighted by molar-refractivity contribution is 0.102. The van der Waals surface area contributed by atoms with Crippen molar-refractivity contribution in [1.82, 2.24) is 19.1 Å². The largest absolute Gasteiger partial charge is 0.321 e. The van der Waals surface area contributed by atoms with E-state index < -0.39 is 15.9 Å². The van der Waals surface area contributed by atoms with Gasteiger partial charge in [0, 0.05) is 24.5 Å². The first kappa shape index (κ1) is 21.5. The van der Waals surface area contributed by atoms with Crippen molar-refractivity contribution in [1.29, 1.82) is 0 Å². The molecule has 0 bridgehead atoms. The molecule has 3 aromatic rings. The van der Waals surface area contributed by atoms with Gasteiger partial charge in [-0.3, -0.25) is 4.79 Å². The Balaban J connectivity index is 1.60. The minimum Gasteiger partial charge on any atom is -0.321 e. The molecule has 0 atom stereocenters. The molecule has 1 aliphatic rings. The maximum atomic E-state index is 12.9. The van der Waals surface area contributed by atoms with Crippen molar-refractivity contribution in [2.24, 2.45) is 0 Å². The van der Waals surface area contributed by atoms with Crippen LogP contribution in [0.5, 0.6) is 0 Å². The molecule has 1 aliphatic heterocycles. The number of benzene rings is 1. The fourth-order valence-corrected chi connectivity index (χ4v) is 5.33. The number of hydrogen-bond donors (Lipinski definition) is 1. The number of pyridine rings is 1. The molecule has 0 unspecified atom stereocenters. The lowest BCUT2D eigenvalue weighted by atomic mass is 10.3. The van der Waals surface area contributed by atoms with Crippen LogP contribution in [-0.4, -0.2) is 46.5 Å². The van der Waals surface area contributed by atoms with E-state index in [2.05, 4.69) is 15.4 Å². The Morgan fingerprint density at radius 1 is 1.10 bits per heavy atom. The fraction of sp³-hybridized carbons (Fsp3) is 0.286. The van der Waals surface area contributed by atoms with Gasteiger partial charge < -0.3 is 5.32 Å². The third kappa shape index (κ3) is 4.34. The summed E-state index contributed by atoms with van der Waals surface area (Å²) in [4.78, 5) is 17.4. The highest BCUT2D eigenvalue weighted by molar-refractivity contribution is 7.89. The van der Waals surface area contributed by atoms with Gasteiger partial charge in [-0.1, -0.05) is 17.7 Å². The maximum absolute atomic E-state index is 12.9. The number of nitrogens with zero attached hydrogens (tertiary/aromatic N) is 4. The SMILES string of the molecule is Cc1cc(C)n(-c2ccc(Cl)c(C(=O)Nc3cccc(S(=O)(=O)N4CCCC4)c3)n2)n1. The molecule has 0 spiro atoms. The number of anilines is 1. The van der Waals surface area contributed by atoms with Gasteiger partial charge >= 0.3 is 0 Å². The van der Waals surface area contributed by atoms with Crippen LogP contribution in [0.15, 0.2) is 47.4 Å². The number of hydrogen-bond acceptors (Lipinski definition) is 5. The summed E-state index contributed by atoms with van der Waals surface area (Å²) in [5, 5.41) is 7.26. The molecular weight excluding hydrogens is 438 g/mol. The maximum Gasteiger partial charge on any atom is 0.275 e. The number of halogens is 1. The summed E-state index contributed by atoms with van der Waals surface area (Å²) in [6.07, 6.45) is 1.71. The first-order valence-corrected chi connectivity index (χ1v) is 11.7. The van der Waals surface area contributed by atoms with Crippen LogP contribution in [0.1, 0.15) is 34.7 Å². The average molecular weight is 460 g/mol. The van der Waals surface area contributed by atoms with Crippen LogP contribution in [-0.2, 0) is 10.0 Å². The van der Waals surface area contributed by atoms with Crippen LogP contribution < -0.4 is 5.32 Å². The van der Waals surface area contributed by atoms with Crippen LogP contribution in [0, 0.1) is 13.8 Å². The lowest BCUT2D eigenvalue weighted by Gasteiger charge is -2.16. The van der Waals surface area contributed by atoms with E-state index in [0.717, 1.165) is 24.2 Å². The van der Waals surface area contributed by atoms with Gasteiger partial charge in [0.05, 0.1) is 15.6 Å². The van der Waals surface area contributed by atoms with Gasteiger partial charge in [-0.25, -0.2) is 18.1 Å². The molecule has 1 fully saturated rings. The standard InChI is InChI=1S/C21H22ClN5O3S/c1-14-12-15(2)27(25-14)19-9-8-18(22)20(24-19)21(28)23-16-6-5-7-17(13-16)31(29,30)26-10-3-4-11-26/h5-9,12-13H,3-4,10-11H2,1-2H3,(H,23,28). The second-order valence-corrected chi connectivity index (χ2v) is 9.78. The molecule has 0 radical (unpaired) electrons. The first-order valence-electron chi connectivity index (χ1n) is 9.87. The Hall–Kier alpha value is -2.75. The number of rotatable bonds is 5. The summed E-state index contributed by atoms with van der Waals surface area (Å²) in [6, 6.07) is 11.4. The molecule has 3 heterocycles. The Labute approximate surface area is 185 Å².